The number of likely N-dealkylation sites (tertiary alicyclic amines) is 1. The summed E-state index contributed by atoms with van der Waals surface area (Å²) in [5.74, 6) is 0. The van der Waals surface area contributed by atoms with Crippen LogP contribution in [-0.4, -0.2) is 46.4 Å². The summed E-state index contributed by atoms with van der Waals surface area (Å²) in [6.45, 7) is 7.18. The first-order chi connectivity index (χ1) is 8.54. The average molecular weight is 250 g/mol. The van der Waals surface area contributed by atoms with E-state index in [9.17, 15) is 0 Å². The molecule has 4 nitrogen and oxygen atoms in total. The monoisotopic (exact) mass is 250 g/mol. The van der Waals surface area contributed by atoms with E-state index >= 15 is 0 Å². The topological polar surface area (TPSA) is 33.1 Å². The van der Waals surface area contributed by atoms with E-state index in [1.165, 1.54) is 31.5 Å². The van der Waals surface area contributed by atoms with Gasteiger partial charge in [-0.05, 0) is 58.8 Å². The minimum absolute atomic E-state index is 0.196. The van der Waals surface area contributed by atoms with Crippen molar-refractivity contribution in [2.75, 3.05) is 20.1 Å². The lowest BCUT2D eigenvalue weighted by molar-refractivity contribution is 0.110. The van der Waals surface area contributed by atoms with Crippen LogP contribution >= 0.6 is 0 Å². The van der Waals surface area contributed by atoms with Crippen LogP contribution in [0.15, 0.2) is 12.4 Å². The normalized spacial score (nSPS) is 19.3. The molecule has 102 valence electrons. The van der Waals surface area contributed by atoms with E-state index in [1.807, 2.05) is 17.9 Å². The fourth-order valence-corrected chi connectivity index (χ4v) is 3.03. The van der Waals surface area contributed by atoms with Crippen molar-refractivity contribution in [1.29, 1.82) is 0 Å². The third kappa shape index (κ3) is 2.75. The lowest BCUT2D eigenvalue weighted by Crippen LogP contribution is -2.57. The van der Waals surface area contributed by atoms with E-state index in [4.69, 9.17) is 0 Å². The third-order valence-corrected chi connectivity index (χ3v) is 4.32. The first-order valence-corrected chi connectivity index (χ1v) is 6.94. The zero-order valence-electron chi connectivity index (χ0n) is 12.1. The Hall–Kier alpha value is -0.870. The molecule has 1 unspecified atom stereocenters. The fourth-order valence-electron chi connectivity index (χ4n) is 3.03. The van der Waals surface area contributed by atoms with Gasteiger partial charge in [-0.3, -0.25) is 9.58 Å². The minimum Gasteiger partial charge on any atom is -0.315 e. The third-order valence-electron chi connectivity index (χ3n) is 4.32. The maximum absolute atomic E-state index is 4.26. The Morgan fingerprint density at radius 1 is 1.39 bits per heavy atom. The summed E-state index contributed by atoms with van der Waals surface area (Å²) in [5.41, 5.74) is 1.50. The van der Waals surface area contributed by atoms with Crippen LogP contribution in [0.1, 0.15) is 32.3 Å². The van der Waals surface area contributed by atoms with Gasteiger partial charge in [-0.2, -0.15) is 5.10 Å². The quantitative estimate of drug-likeness (QED) is 0.858. The zero-order chi connectivity index (χ0) is 13.2. The van der Waals surface area contributed by atoms with E-state index in [0.29, 0.717) is 6.04 Å². The highest BCUT2D eigenvalue weighted by Gasteiger charge is 2.35. The van der Waals surface area contributed by atoms with Gasteiger partial charge in [-0.15, -0.1) is 0 Å². The van der Waals surface area contributed by atoms with Crippen LogP contribution in [0.3, 0.4) is 0 Å². The smallest absolute Gasteiger partial charge is 0.0522 e. The van der Waals surface area contributed by atoms with Gasteiger partial charge in [0, 0.05) is 24.8 Å². The highest BCUT2D eigenvalue weighted by molar-refractivity contribution is 5.09. The molecule has 1 aliphatic rings. The van der Waals surface area contributed by atoms with Gasteiger partial charge >= 0.3 is 0 Å². The number of hydrogen-bond donors (Lipinski definition) is 1. The number of hydrogen-bond acceptors (Lipinski definition) is 3. The molecule has 0 aromatic carbocycles. The largest absolute Gasteiger partial charge is 0.315 e. The summed E-state index contributed by atoms with van der Waals surface area (Å²) < 4.78 is 1.88. The molecule has 2 rings (SSSR count). The van der Waals surface area contributed by atoms with E-state index in [-0.39, 0.29) is 5.54 Å². The number of rotatable bonds is 5. The lowest BCUT2D eigenvalue weighted by atomic mass is 9.88. The maximum atomic E-state index is 4.26. The first-order valence-electron chi connectivity index (χ1n) is 6.94. The van der Waals surface area contributed by atoms with Crippen molar-refractivity contribution in [1.82, 2.24) is 20.0 Å². The molecule has 1 atom stereocenters. The molecule has 0 spiro atoms. The van der Waals surface area contributed by atoms with Crippen molar-refractivity contribution in [2.24, 2.45) is 7.05 Å². The number of likely N-dealkylation sites (N-methyl/N-ethyl adjacent to an activating group) is 1. The van der Waals surface area contributed by atoms with Crippen molar-refractivity contribution >= 4 is 0 Å². The molecule has 0 amide bonds. The highest BCUT2D eigenvalue weighted by Crippen LogP contribution is 2.26. The predicted molar refractivity (Wildman–Crippen MR) is 74.6 cm³/mol. The van der Waals surface area contributed by atoms with Crippen LogP contribution in [0.5, 0.6) is 0 Å². The van der Waals surface area contributed by atoms with Gasteiger partial charge < -0.3 is 5.32 Å². The van der Waals surface area contributed by atoms with E-state index < -0.39 is 0 Å². The van der Waals surface area contributed by atoms with Crippen LogP contribution in [0.4, 0.5) is 0 Å². The van der Waals surface area contributed by atoms with E-state index in [1.54, 1.807) is 0 Å². The van der Waals surface area contributed by atoms with E-state index in [2.05, 4.69) is 42.4 Å². The molecule has 2 heterocycles. The second-order valence-corrected chi connectivity index (χ2v) is 5.92. The SMILES string of the molecule is CNC(Cc1cnn(C)c1)C(C)(C)N1CCCC1. The van der Waals surface area contributed by atoms with Crippen LogP contribution < -0.4 is 5.32 Å². The summed E-state index contributed by atoms with van der Waals surface area (Å²) in [5, 5.41) is 7.76. The summed E-state index contributed by atoms with van der Waals surface area (Å²) in [4.78, 5) is 2.62. The summed E-state index contributed by atoms with van der Waals surface area (Å²) in [6, 6.07) is 0.458. The summed E-state index contributed by atoms with van der Waals surface area (Å²) in [7, 11) is 4.04. The predicted octanol–water partition coefficient (Wildman–Crippen LogP) is 1.42. The van der Waals surface area contributed by atoms with Crippen LogP contribution in [0.25, 0.3) is 0 Å². The Labute approximate surface area is 110 Å². The second kappa shape index (κ2) is 5.41. The van der Waals surface area contributed by atoms with Crippen LogP contribution in [0.2, 0.25) is 0 Å². The number of aromatic nitrogens is 2. The summed E-state index contributed by atoms with van der Waals surface area (Å²) >= 11 is 0. The number of nitrogens with zero attached hydrogens (tertiary/aromatic N) is 3. The molecule has 1 aromatic heterocycles. The van der Waals surface area contributed by atoms with Crippen LogP contribution in [-0.2, 0) is 13.5 Å². The molecule has 1 aliphatic heterocycles. The van der Waals surface area contributed by atoms with Crippen molar-refractivity contribution in [3.63, 3.8) is 0 Å². The van der Waals surface area contributed by atoms with Gasteiger partial charge in [-0.1, -0.05) is 0 Å². The Bertz CT molecular complexity index is 377. The molecule has 0 aliphatic carbocycles. The van der Waals surface area contributed by atoms with Gasteiger partial charge in [0.05, 0.1) is 6.20 Å². The average Bonchev–Trinajstić information content (AvgIpc) is 2.96. The molecule has 0 bridgehead atoms. The highest BCUT2D eigenvalue weighted by atomic mass is 15.2. The summed E-state index contributed by atoms with van der Waals surface area (Å²) in [6.07, 6.45) is 7.81. The van der Waals surface area contributed by atoms with Crippen molar-refractivity contribution in [3.8, 4) is 0 Å². The molecule has 4 heteroatoms. The standard InChI is InChI=1S/C14H26N4/c1-14(2,18-7-5-6-8-18)13(15-3)9-12-10-16-17(4)11-12/h10-11,13,15H,5-9H2,1-4H3. The van der Waals surface area contributed by atoms with Crippen molar-refractivity contribution in [2.45, 2.75) is 44.7 Å². The first kappa shape index (κ1) is 13.6. The van der Waals surface area contributed by atoms with Gasteiger partial charge in [0.15, 0.2) is 0 Å². The fraction of sp³-hybridized carbons (Fsp3) is 0.786. The zero-order valence-corrected chi connectivity index (χ0v) is 12.1. The minimum atomic E-state index is 0.196. The number of nitrogens with one attached hydrogen (secondary N) is 1. The lowest BCUT2D eigenvalue weighted by Gasteiger charge is -2.42. The molecule has 1 saturated heterocycles. The molecule has 18 heavy (non-hydrogen) atoms. The van der Waals surface area contributed by atoms with E-state index in [0.717, 1.165) is 6.42 Å². The second-order valence-electron chi connectivity index (χ2n) is 5.92. The molecule has 0 radical (unpaired) electrons. The van der Waals surface area contributed by atoms with Crippen LogP contribution in [0, 0.1) is 0 Å². The molecule has 0 saturated carbocycles. The molecule has 1 fully saturated rings. The Morgan fingerprint density at radius 3 is 2.56 bits per heavy atom. The Kier molecular flexibility index (Phi) is 4.07. The van der Waals surface area contributed by atoms with Crippen molar-refractivity contribution < 1.29 is 0 Å². The van der Waals surface area contributed by atoms with Crippen molar-refractivity contribution in [3.05, 3.63) is 18.0 Å². The van der Waals surface area contributed by atoms with Gasteiger partial charge in [0.2, 0.25) is 0 Å². The molecular weight excluding hydrogens is 224 g/mol. The Balaban J connectivity index is 2.06. The maximum Gasteiger partial charge on any atom is 0.0522 e. The number of aryl methyl sites for hydroxylation is 1. The molecule has 1 N–H and O–H groups in total. The van der Waals surface area contributed by atoms with Gasteiger partial charge in [0.25, 0.3) is 0 Å². The van der Waals surface area contributed by atoms with Gasteiger partial charge in [-0.25, -0.2) is 0 Å². The van der Waals surface area contributed by atoms with Gasteiger partial charge in [0.1, 0.15) is 0 Å². The molecule has 1 aromatic rings. The Morgan fingerprint density at radius 2 is 2.06 bits per heavy atom. The molecular formula is C14H26N4.